The van der Waals surface area contributed by atoms with Gasteiger partial charge in [0.15, 0.2) is 6.10 Å². The smallest absolute Gasteiger partial charge is 0.306 e. The zero-order valence-electron chi connectivity index (χ0n) is 33.8. The number of nitrogens with zero attached hydrogens (tertiary/aromatic N) is 1. The van der Waals surface area contributed by atoms with Crippen LogP contribution in [0, 0.1) is 0 Å². The summed E-state index contributed by atoms with van der Waals surface area (Å²) in [6.07, 6.45) is 36.3. The maximum Gasteiger partial charge on any atom is 0.306 e. The van der Waals surface area contributed by atoms with Gasteiger partial charge in [0.25, 0.3) is 0 Å². The molecule has 0 radical (unpaired) electrons. The summed E-state index contributed by atoms with van der Waals surface area (Å²) in [6.45, 7) is 4.54. The van der Waals surface area contributed by atoms with Crippen LogP contribution in [0.4, 0.5) is 0 Å². The number of likely N-dealkylation sites (N-methyl/N-ethyl adjacent to an activating group) is 1. The first kappa shape index (κ1) is 48.8. The van der Waals surface area contributed by atoms with Gasteiger partial charge in [0.1, 0.15) is 12.6 Å². The summed E-state index contributed by atoms with van der Waals surface area (Å²) in [6, 6.07) is -0.724. The van der Waals surface area contributed by atoms with E-state index in [1.54, 1.807) is 21.1 Å². The first-order chi connectivity index (χ1) is 24.6. The van der Waals surface area contributed by atoms with Crippen LogP contribution in [0.15, 0.2) is 24.3 Å². The Hall–Kier alpha value is -2.19. The predicted octanol–water partition coefficient (Wildman–Crippen LogP) is 9.58. The number of carboxylic acid groups (broad SMARTS) is 1. The summed E-state index contributed by atoms with van der Waals surface area (Å²) in [5.74, 6) is -1.75. The summed E-state index contributed by atoms with van der Waals surface area (Å²) in [5, 5.41) is 11.6. The first-order valence-corrected chi connectivity index (χ1v) is 20.9. The lowest BCUT2D eigenvalue weighted by molar-refractivity contribution is -0.889. The van der Waals surface area contributed by atoms with Gasteiger partial charge in [-0.25, -0.2) is 0 Å². The lowest BCUT2D eigenvalue weighted by Crippen LogP contribution is -2.55. The minimum absolute atomic E-state index is 0.0383. The van der Waals surface area contributed by atoms with Crippen molar-refractivity contribution in [3.05, 3.63) is 24.3 Å². The molecule has 0 fully saturated rings. The summed E-state index contributed by atoms with van der Waals surface area (Å²) < 4.78 is 17.1. The Kier molecular flexibility index (Phi) is 33.4. The van der Waals surface area contributed by atoms with Crippen LogP contribution < -0.4 is 5.11 Å². The van der Waals surface area contributed by atoms with Gasteiger partial charge >= 0.3 is 11.9 Å². The van der Waals surface area contributed by atoms with E-state index in [1.165, 1.54) is 77.0 Å². The highest BCUT2D eigenvalue weighted by Gasteiger charge is 2.25. The Labute approximate surface area is 313 Å². The van der Waals surface area contributed by atoms with Crippen LogP contribution in [0.1, 0.15) is 181 Å². The molecule has 0 aliphatic carbocycles. The van der Waals surface area contributed by atoms with Crippen LogP contribution >= 0.6 is 0 Å². The molecule has 298 valence electrons. The standard InChI is InChI=1S/C43H79NO7/c1-6-8-10-12-14-16-18-20-21-22-24-25-27-29-31-33-41(45)50-38-39(37-49-36-35-40(43(47)48)44(3,4)5)51-42(46)34-32-30-28-26-23-19-17-15-13-11-9-7-2/h9,11,15,17,39-40H,6-8,10,12-14,16,18-38H2,1-5H3/b11-9+,17-15+. The molecule has 8 nitrogen and oxygen atoms in total. The molecule has 0 aliphatic rings. The molecule has 0 amide bonds. The van der Waals surface area contributed by atoms with Crippen LogP contribution in [0.25, 0.3) is 0 Å². The van der Waals surface area contributed by atoms with E-state index >= 15 is 0 Å². The lowest BCUT2D eigenvalue weighted by atomic mass is 10.0. The van der Waals surface area contributed by atoms with Gasteiger partial charge < -0.3 is 28.6 Å². The Balaban J connectivity index is 4.35. The molecule has 0 saturated heterocycles. The molecule has 0 saturated carbocycles. The number of carbonyl (C=O) groups is 3. The van der Waals surface area contributed by atoms with Crippen molar-refractivity contribution in [1.29, 1.82) is 0 Å². The van der Waals surface area contributed by atoms with Gasteiger partial charge in [0.05, 0.1) is 40.3 Å². The van der Waals surface area contributed by atoms with Gasteiger partial charge in [0, 0.05) is 19.3 Å². The third-order valence-electron chi connectivity index (χ3n) is 9.35. The molecule has 0 aromatic carbocycles. The quantitative estimate of drug-likeness (QED) is 0.0273. The third-order valence-corrected chi connectivity index (χ3v) is 9.35. The average molecular weight is 722 g/mol. The topological polar surface area (TPSA) is 102 Å². The summed E-state index contributed by atoms with van der Waals surface area (Å²) in [7, 11) is 5.40. The number of aliphatic carboxylic acids is 1. The van der Waals surface area contributed by atoms with Gasteiger partial charge in [-0.1, -0.05) is 147 Å². The number of rotatable bonds is 37. The Bertz CT molecular complexity index is 895. The maximum absolute atomic E-state index is 12.6. The van der Waals surface area contributed by atoms with Crippen LogP contribution in [-0.4, -0.2) is 75.5 Å². The molecule has 2 unspecified atom stereocenters. The molecule has 0 aromatic rings. The molecule has 0 N–H and O–H groups in total. The number of hydrogen-bond donors (Lipinski definition) is 0. The van der Waals surface area contributed by atoms with Crippen LogP contribution in [-0.2, 0) is 28.6 Å². The van der Waals surface area contributed by atoms with E-state index < -0.39 is 18.1 Å². The van der Waals surface area contributed by atoms with Gasteiger partial charge in [-0.05, 0) is 38.5 Å². The average Bonchev–Trinajstić information content (AvgIpc) is 3.08. The Morgan fingerprint density at radius 2 is 1.10 bits per heavy atom. The molecule has 0 heterocycles. The fourth-order valence-electron chi connectivity index (χ4n) is 6.11. The van der Waals surface area contributed by atoms with E-state index in [2.05, 4.69) is 38.2 Å². The van der Waals surface area contributed by atoms with Crippen LogP contribution in [0.3, 0.4) is 0 Å². The van der Waals surface area contributed by atoms with Crippen molar-refractivity contribution >= 4 is 17.9 Å². The van der Waals surface area contributed by atoms with Crippen molar-refractivity contribution in [2.24, 2.45) is 0 Å². The Morgan fingerprint density at radius 3 is 1.61 bits per heavy atom. The summed E-state index contributed by atoms with van der Waals surface area (Å²) in [5.41, 5.74) is 0. The molecular weight excluding hydrogens is 642 g/mol. The summed E-state index contributed by atoms with van der Waals surface area (Å²) in [4.78, 5) is 36.7. The fraction of sp³-hybridized carbons (Fsp3) is 0.837. The molecule has 0 aromatic heterocycles. The number of hydrogen-bond acceptors (Lipinski definition) is 7. The molecule has 8 heteroatoms. The normalized spacial score (nSPS) is 13.2. The second-order valence-electron chi connectivity index (χ2n) is 15.2. The van der Waals surface area contributed by atoms with Gasteiger partial charge in [-0.3, -0.25) is 9.59 Å². The highest BCUT2D eigenvalue weighted by Crippen LogP contribution is 2.15. The second-order valence-corrected chi connectivity index (χ2v) is 15.2. The minimum Gasteiger partial charge on any atom is -0.544 e. The first-order valence-electron chi connectivity index (χ1n) is 20.9. The lowest BCUT2D eigenvalue weighted by Gasteiger charge is -2.34. The molecular formula is C43H79NO7. The number of carbonyl (C=O) groups excluding carboxylic acids is 3. The molecule has 0 spiro atoms. The van der Waals surface area contributed by atoms with E-state index in [-0.39, 0.29) is 42.7 Å². The Morgan fingerprint density at radius 1 is 0.608 bits per heavy atom. The van der Waals surface area contributed by atoms with Crippen molar-refractivity contribution in [2.45, 2.75) is 193 Å². The largest absolute Gasteiger partial charge is 0.544 e. The molecule has 0 rings (SSSR count). The van der Waals surface area contributed by atoms with E-state index in [9.17, 15) is 19.5 Å². The monoisotopic (exact) mass is 722 g/mol. The van der Waals surface area contributed by atoms with E-state index in [0.717, 1.165) is 70.6 Å². The van der Waals surface area contributed by atoms with Crippen molar-refractivity contribution in [1.82, 2.24) is 0 Å². The van der Waals surface area contributed by atoms with Gasteiger partial charge in [0.2, 0.25) is 0 Å². The zero-order valence-corrected chi connectivity index (χ0v) is 33.8. The summed E-state index contributed by atoms with van der Waals surface area (Å²) >= 11 is 0. The number of carboxylic acids is 1. The van der Waals surface area contributed by atoms with Gasteiger partial charge in [-0.15, -0.1) is 0 Å². The van der Waals surface area contributed by atoms with Crippen LogP contribution in [0.2, 0.25) is 0 Å². The number of unbranched alkanes of at least 4 members (excludes halogenated alkanes) is 19. The van der Waals surface area contributed by atoms with Crippen molar-refractivity contribution in [3.8, 4) is 0 Å². The number of quaternary nitrogens is 1. The maximum atomic E-state index is 12.6. The highest BCUT2D eigenvalue weighted by molar-refractivity contribution is 5.70. The minimum atomic E-state index is -1.13. The predicted molar refractivity (Wildman–Crippen MR) is 208 cm³/mol. The van der Waals surface area contributed by atoms with E-state index in [1.807, 2.05) is 0 Å². The number of ether oxygens (including phenoxy) is 3. The van der Waals surface area contributed by atoms with E-state index in [0.29, 0.717) is 12.8 Å². The number of allylic oxidation sites excluding steroid dienone is 4. The molecule has 0 aliphatic heterocycles. The SMILES string of the molecule is CC/C=C/C/C=C/CCCCCCCC(=O)OC(COCCC(C(=O)[O-])[N+](C)(C)C)COC(=O)CCCCCCCCCCCCCCCCC. The van der Waals surface area contributed by atoms with Crippen molar-refractivity contribution in [3.63, 3.8) is 0 Å². The molecule has 2 atom stereocenters. The van der Waals surface area contributed by atoms with E-state index in [4.69, 9.17) is 14.2 Å². The molecule has 51 heavy (non-hydrogen) atoms. The zero-order chi connectivity index (χ0) is 37.8. The fourth-order valence-corrected chi connectivity index (χ4v) is 6.11. The second kappa shape index (κ2) is 34.9. The van der Waals surface area contributed by atoms with Crippen LogP contribution in [0.5, 0.6) is 0 Å². The van der Waals surface area contributed by atoms with Crippen molar-refractivity contribution in [2.75, 3.05) is 41.0 Å². The third kappa shape index (κ3) is 33.4. The number of esters is 2. The van der Waals surface area contributed by atoms with Gasteiger partial charge in [-0.2, -0.15) is 0 Å². The highest BCUT2D eigenvalue weighted by atomic mass is 16.6. The van der Waals surface area contributed by atoms with Crippen molar-refractivity contribution < 1.29 is 38.2 Å². The molecule has 0 bridgehead atoms.